The summed E-state index contributed by atoms with van der Waals surface area (Å²) >= 11 is 0. The molecule has 0 aliphatic carbocycles. The van der Waals surface area contributed by atoms with Gasteiger partial charge in [0, 0.05) is 38.0 Å². The van der Waals surface area contributed by atoms with Crippen molar-refractivity contribution in [2.75, 3.05) is 0 Å². The molecule has 0 aliphatic rings. The van der Waals surface area contributed by atoms with Crippen LogP contribution in [0.3, 0.4) is 0 Å². The van der Waals surface area contributed by atoms with E-state index in [1.165, 1.54) is 0 Å². The Morgan fingerprint density at radius 1 is 0.362 bits per heavy atom. The second-order valence-electron chi connectivity index (χ2n) is 12.1. The molecule has 0 radical (unpaired) electrons. The van der Waals surface area contributed by atoms with Gasteiger partial charge in [0.1, 0.15) is 22.3 Å². The van der Waals surface area contributed by atoms with Crippen LogP contribution in [0.25, 0.3) is 93.5 Å². The number of aromatic nitrogens is 1. The fraction of sp³-hybridized carbons (Fsp3) is 0. The van der Waals surface area contributed by atoms with Crippen LogP contribution >= 0.6 is 0 Å². The van der Waals surface area contributed by atoms with E-state index >= 15 is 0 Å². The SMILES string of the molecule is O=c1c2ccccc2c2cc(-c3ccc4oc5ccccc5c4c3)ccc2n1-c1ccc(-c2ccc3oc4ccccc4c3c2)cc1. The van der Waals surface area contributed by atoms with E-state index < -0.39 is 0 Å². The highest BCUT2D eigenvalue weighted by molar-refractivity contribution is 6.09. The van der Waals surface area contributed by atoms with Crippen molar-refractivity contribution in [1.29, 1.82) is 0 Å². The highest BCUT2D eigenvalue weighted by Crippen LogP contribution is 2.36. The van der Waals surface area contributed by atoms with Gasteiger partial charge in [-0.2, -0.15) is 0 Å². The Hall–Kier alpha value is -6.39. The topological polar surface area (TPSA) is 48.3 Å². The average Bonchev–Trinajstić information content (AvgIpc) is 3.69. The van der Waals surface area contributed by atoms with Crippen molar-refractivity contribution < 1.29 is 8.83 Å². The number of benzene rings is 7. The van der Waals surface area contributed by atoms with Gasteiger partial charge in [0.25, 0.3) is 5.56 Å². The largest absolute Gasteiger partial charge is 0.456 e. The predicted octanol–water partition coefficient (Wildman–Crippen LogP) is 11.3. The quantitative estimate of drug-likeness (QED) is 0.189. The lowest BCUT2D eigenvalue weighted by Crippen LogP contribution is -2.19. The minimum Gasteiger partial charge on any atom is -0.456 e. The normalized spacial score (nSPS) is 11.9. The van der Waals surface area contributed by atoms with Crippen LogP contribution in [-0.2, 0) is 0 Å². The molecule has 220 valence electrons. The van der Waals surface area contributed by atoms with Crippen molar-refractivity contribution in [3.63, 3.8) is 0 Å². The molecule has 0 bridgehead atoms. The maximum absolute atomic E-state index is 14.1. The van der Waals surface area contributed by atoms with Crippen LogP contribution < -0.4 is 5.56 Å². The first-order valence-corrected chi connectivity index (χ1v) is 15.7. The third-order valence-corrected chi connectivity index (χ3v) is 9.43. The number of para-hydroxylation sites is 2. The number of furan rings is 2. The Labute approximate surface area is 268 Å². The lowest BCUT2D eigenvalue weighted by Gasteiger charge is -2.15. The number of fused-ring (bicyclic) bond motifs is 9. The summed E-state index contributed by atoms with van der Waals surface area (Å²) in [6.45, 7) is 0. The van der Waals surface area contributed by atoms with Gasteiger partial charge >= 0.3 is 0 Å². The minimum atomic E-state index is -0.0360. The molecule has 0 aliphatic heterocycles. The van der Waals surface area contributed by atoms with Crippen molar-refractivity contribution in [3.05, 3.63) is 162 Å². The molecule has 0 N–H and O–H groups in total. The van der Waals surface area contributed by atoms with Crippen LogP contribution in [0, 0.1) is 0 Å². The molecule has 4 nitrogen and oxygen atoms in total. The number of rotatable bonds is 3. The zero-order valence-corrected chi connectivity index (χ0v) is 25.1. The fourth-order valence-electron chi connectivity index (χ4n) is 7.13. The first-order chi connectivity index (χ1) is 23.2. The highest BCUT2D eigenvalue weighted by atomic mass is 16.3. The van der Waals surface area contributed by atoms with Gasteiger partial charge in [-0.25, -0.2) is 0 Å². The molecule has 47 heavy (non-hydrogen) atoms. The summed E-state index contributed by atoms with van der Waals surface area (Å²) in [4.78, 5) is 14.1. The van der Waals surface area contributed by atoms with Crippen molar-refractivity contribution >= 4 is 65.6 Å². The molecule has 10 aromatic rings. The van der Waals surface area contributed by atoms with Crippen LogP contribution in [0.4, 0.5) is 0 Å². The molecule has 0 atom stereocenters. The van der Waals surface area contributed by atoms with Gasteiger partial charge in [0.2, 0.25) is 0 Å². The third-order valence-electron chi connectivity index (χ3n) is 9.43. The second kappa shape index (κ2) is 9.80. The lowest BCUT2D eigenvalue weighted by atomic mass is 9.98. The Kier molecular flexibility index (Phi) is 5.40. The zero-order valence-electron chi connectivity index (χ0n) is 25.1. The van der Waals surface area contributed by atoms with Crippen LogP contribution in [0.5, 0.6) is 0 Å². The first-order valence-electron chi connectivity index (χ1n) is 15.7. The summed E-state index contributed by atoms with van der Waals surface area (Å²) in [6.07, 6.45) is 0. The summed E-state index contributed by atoms with van der Waals surface area (Å²) in [5, 5.41) is 7.05. The molecule has 0 saturated heterocycles. The van der Waals surface area contributed by atoms with Gasteiger partial charge in [-0.1, -0.05) is 84.9 Å². The van der Waals surface area contributed by atoms with Crippen LogP contribution in [0.1, 0.15) is 0 Å². The Morgan fingerprint density at radius 3 is 1.43 bits per heavy atom. The summed E-state index contributed by atoms with van der Waals surface area (Å²) < 4.78 is 13.9. The molecule has 4 heteroatoms. The summed E-state index contributed by atoms with van der Waals surface area (Å²) in [6, 6.07) is 51.4. The minimum absolute atomic E-state index is 0.0360. The van der Waals surface area contributed by atoms with Gasteiger partial charge in [-0.3, -0.25) is 9.36 Å². The number of hydrogen-bond acceptors (Lipinski definition) is 3. The van der Waals surface area contributed by atoms with E-state index in [4.69, 9.17) is 8.83 Å². The molecular weight excluding hydrogens is 578 g/mol. The van der Waals surface area contributed by atoms with E-state index in [2.05, 4.69) is 66.7 Å². The van der Waals surface area contributed by atoms with Gasteiger partial charge in [0.05, 0.1) is 5.52 Å². The van der Waals surface area contributed by atoms with E-state index in [1.54, 1.807) is 0 Å². The van der Waals surface area contributed by atoms with E-state index in [1.807, 2.05) is 89.5 Å². The molecule has 3 heterocycles. The van der Waals surface area contributed by atoms with Crippen molar-refractivity contribution in [2.24, 2.45) is 0 Å². The summed E-state index contributed by atoms with van der Waals surface area (Å²) in [5.41, 5.74) is 9.51. The highest BCUT2D eigenvalue weighted by Gasteiger charge is 2.15. The molecule has 0 unspecified atom stereocenters. The molecule has 0 spiro atoms. The molecule has 0 amide bonds. The summed E-state index contributed by atoms with van der Waals surface area (Å²) in [7, 11) is 0. The molecular formula is C43H25NO3. The average molecular weight is 604 g/mol. The van der Waals surface area contributed by atoms with Gasteiger partial charge < -0.3 is 8.83 Å². The fourth-order valence-corrected chi connectivity index (χ4v) is 7.13. The molecule has 3 aromatic heterocycles. The Morgan fingerprint density at radius 2 is 0.809 bits per heavy atom. The maximum Gasteiger partial charge on any atom is 0.263 e. The monoisotopic (exact) mass is 603 g/mol. The van der Waals surface area contributed by atoms with Gasteiger partial charge in [-0.15, -0.1) is 0 Å². The van der Waals surface area contributed by atoms with Gasteiger partial charge in [-0.05, 0) is 94.4 Å². The second-order valence-corrected chi connectivity index (χ2v) is 12.1. The van der Waals surface area contributed by atoms with Gasteiger partial charge in [0.15, 0.2) is 0 Å². The Balaban J connectivity index is 1.12. The number of nitrogens with zero attached hydrogens (tertiary/aromatic N) is 1. The first kappa shape index (κ1) is 25.9. The third kappa shape index (κ3) is 3.92. The molecule has 0 fully saturated rings. The van der Waals surface area contributed by atoms with E-state index in [0.29, 0.717) is 5.39 Å². The van der Waals surface area contributed by atoms with E-state index in [0.717, 1.165) is 88.1 Å². The van der Waals surface area contributed by atoms with Crippen molar-refractivity contribution in [2.45, 2.75) is 0 Å². The lowest BCUT2D eigenvalue weighted by molar-refractivity contribution is 0.668. The van der Waals surface area contributed by atoms with Crippen LogP contribution in [-0.4, -0.2) is 4.57 Å². The van der Waals surface area contributed by atoms with Crippen LogP contribution in [0.2, 0.25) is 0 Å². The standard InChI is InChI=1S/C43H25NO3/c45-43-34-10-2-1-7-31(34)35-23-28(29-17-22-42-37(25-29)33-9-4-6-12-40(33)47-42)15-20-38(35)44(43)30-18-13-26(14-19-30)27-16-21-41-36(24-27)32-8-3-5-11-39(32)46-41/h1-25H. The van der Waals surface area contributed by atoms with Crippen molar-refractivity contribution in [3.8, 4) is 27.9 Å². The van der Waals surface area contributed by atoms with E-state index in [-0.39, 0.29) is 5.56 Å². The molecule has 0 saturated carbocycles. The van der Waals surface area contributed by atoms with Crippen LogP contribution in [0.15, 0.2) is 165 Å². The zero-order chi connectivity index (χ0) is 31.1. The molecule has 10 rings (SSSR count). The number of pyridine rings is 1. The van der Waals surface area contributed by atoms with E-state index in [9.17, 15) is 4.79 Å². The maximum atomic E-state index is 14.1. The smallest absolute Gasteiger partial charge is 0.263 e. The molecule has 7 aromatic carbocycles. The number of hydrogen-bond donors (Lipinski definition) is 0. The Bertz CT molecular complexity index is 2920. The summed E-state index contributed by atoms with van der Waals surface area (Å²) in [5.74, 6) is 0. The van der Waals surface area contributed by atoms with Crippen molar-refractivity contribution in [1.82, 2.24) is 4.57 Å². The predicted molar refractivity (Wildman–Crippen MR) is 192 cm³/mol.